The number of hydrogen-bond acceptors (Lipinski definition) is 5. The number of fused-ring (bicyclic) bond motifs is 2. The van der Waals surface area contributed by atoms with Gasteiger partial charge in [0, 0.05) is 11.3 Å². The van der Waals surface area contributed by atoms with Crippen molar-refractivity contribution in [3.05, 3.63) is 88.4 Å². The predicted octanol–water partition coefficient (Wildman–Crippen LogP) is 7.32. The molecule has 1 heterocycles. The number of amides is 1. The van der Waals surface area contributed by atoms with Gasteiger partial charge in [-0.25, -0.2) is 4.98 Å². The fourth-order valence-corrected chi connectivity index (χ4v) is 5.81. The van der Waals surface area contributed by atoms with Crippen LogP contribution in [0.25, 0.3) is 31.6 Å². The average Bonchev–Trinajstić information content (AvgIpc) is 3.29. The van der Waals surface area contributed by atoms with E-state index in [0.717, 1.165) is 47.3 Å². The summed E-state index contributed by atoms with van der Waals surface area (Å²) in [5, 5.41) is 8.96. The maximum Gasteiger partial charge on any atom is 0.261 e. The van der Waals surface area contributed by atoms with Gasteiger partial charge in [0.15, 0.2) is 5.11 Å². The molecular formula is C27H20BrN3O2S2. The Hall–Kier alpha value is -3.33. The molecule has 174 valence electrons. The quantitative estimate of drug-likeness (QED) is 0.225. The number of halogens is 1. The average molecular weight is 563 g/mol. The normalized spacial score (nSPS) is 10.9. The zero-order valence-corrected chi connectivity index (χ0v) is 22.1. The molecule has 0 atom stereocenters. The number of rotatable bonds is 4. The summed E-state index contributed by atoms with van der Waals surface area (Å²) < 4.78 is 7.41. The fourth-order valence-electron chi connectivity index (χ4n) is 3.91. The number of thiazole rings is 1. The molecule has 0 radical (unpaired) electrons. The Morgan fingerprint density at radius 2 is 1.83 bits per heavy atom. The lowest BCUT2D eigenvalue weighted by Gasteiger charge is -2.15. The molecule has 0 spiro atoms. The van der Waals surface area contributed by atoms with E-state index in [-0.39, 0.29) is 11.0 Å². The Labute approximate surface area is 220 Å². The molecule has 4 aromatic carbocycles. The topological polar surface area (TPSA) is 63.2 Å². The Bertz CT molecular complexity index is 1580. The van der Waals surface area contributed by atoms with Gasteiger partial charge < -0.3 is 10.1 Å². The Morgan fingerprint density at radius 1 is 1.06 bits per heavy atom. The van der Waals surface area contributed by atoms with Crippen molar-refractivity contribution in [1.29, 1.82) is 0 Å². The van der Waals surface area contributed by atoms with Gasteiger partial charge in [-0.3, -0.25) is 10.1 Å². The zero-order chi connectivity index (χ0) is 24.5. The molecule has 0 saturated carbocycles. The molecule has 5 rings (SSSR count). The molecule has 0 aliphatic heterocycles. The molecule has 0 saturated heterocycles. The van der Waals surface area contributed by atoms with Gasteiger partial charge in [0.2, 0.25) is 0 Å². The molecule has 0 aliphatic carbocycles. The minimum Gasteiger partial charge on any atom is -0.495 e. The van der Waals surface area contributed by atoms with Crippen LogP contribution in [0.5, 0.6) is 5.75 Å². The van der Waals surface area contributed by atoms with Crippen LogP contribution in [0.4, 0.5) is 5.69 Å². The SMILES string of the molecule is COc1c(C(=O)NC(=S)Nc2ccc(-c3nc4ccccc4s3)cc2C)cc2ccccc2c1Br. The highest BCUT2D eigenvalue weighted by Crippen LogP contribution is 2.36. The largest absolute Gasteiger partial charge is 0.495 e. The highest BCUT2D eigenvalue weighted by atomic mass is 79.9. The van der Waals surface area contributed by atoms with E-state index in [9.17, 15) is 4.79 Å². The Morgan fingerprint density at radius 3 is 2.60 bits per heavy atom. The summed E-state index contributed by atoms with van der Waals surface area (Å²) in [4.78, 5) is 17.8. The number of benzene rings is 4. The van der Waals surface area contributed by atoms with Crippen molar-refractivity contribution in [2.24, 2.45) is 0 Å². The van der Waals surface area contributed by atoms with Crippen molar-refractivity contribution in [2.45, 2.75) is 6.92 Å². The van der Waals surface area contributed by atoms with Gasteiger partial charge in [-0.05, 0) is 87.8 Å². The summed E-state index contributed by atoms with van der Waals surface area (Å²) in [7, 11) is 1.54. The summed E-state index contributed by atoms with van der Waals surface area (Å²) in [5.41, 5.74) is 4.23. The minimum atomic E-state index is -0.352. The summed E-state index contributed by atoms with van der Waals surface area (Å²) in [5.74, 6) is 0.106. The highest BCUT2D eigenvalue weighted by Gasteiger charge is 2.19. The second kappa shape index (κ2) is 9.73. The van der Waals surface area contributed by atoms with Crippen LogP contribution >= 0.6 is 39.5 Å². The van der Waals surface area contributed by atoms with E-state index >= 15 is 0 Å². The second-order valence-electron chi connectivity index (χ2n) is 7.92. The van der Waals surface area contributed by atoms with Crippen LogP contribution in [0.2, 0.25) is 0 Å². The maximum absolute atomic E-state index is 13.1. The molecule has 0 unspecified atom stereocenters. The fraction of sp³-hybridized carbons (Fsp3) is 0.0741. The first-order valence-corrected chi connectivity index (χ1v) is 12.8. The molecular weight excluding hydrogens is 542 g/mol. The Balaban J connectivity index is 1.34. The summed E-state index contributed by atoms with van der Waals surface area (Å²) in [6.07, 6.45) is 0. The number of hydrogen-bond donors (Lipinski definition) is 2. The van der Waals surface area contributed by atoms with Crippen molar-refractivity contribution >= 4 is 77.2 Å². The van der Waals surface area contributed by atoms with E-state index in [2.05, 4.69) is 38.7 Å². The van der Waals surface area contributed by atoms with Gasteiger partial charge >= 0.3 is 0 Å². The zero-order valence-electron chi connectivity index (χ0n) is 18.9. The number of aromatic nitrogens is 1. The number of ether oxygens (including phenoxy) is 1. The lowest BCUT2D eigenvalue weighted by Crippen LogP contribution is -2.34. The molecule has 5 nitrogen and oxygen atoms in total. The van der Waals surface area contributed by atoms with Crippen LogP contribution in [0.3, 0.4) is 0 Å². The first-order chi connectivity index (χ1) is 16.9. The van der Waals surface area contributed by atoms with Gasteiger partial charge in [0.25, 0.3) is 5.91 Å². The molecule has 2 N–H and O–H groups in total. The molecule has 35 heavy (non-hydrogen) atoms. The number of methoxy groups -OCH3 is 1. The number of anilines is 1. The molecule has 0 bridgehead atoms. The van der Waals surface area contributed by atoms with Gasteiger partial charge in [-0.1, -0.05) is 36.4 Å². The van der Waals surface area contributed by atoms with Gasteiger partial charge in [0.1, 0.15) is 10.8 Å². The number of thiocarbonyl (C=S) groups is 1. The van der Waals surface area contributed by atoms with Crippen LogP contribution < -0.4 is 15.4 Å². The van der Waals surface area contributed by atoms with E-state index in [1.54, 1.807) is 24.5 Å². The number of aryl methyl sites for hydroxylation is 1. The van der Waals surface area contributed by atoms with Crippen molar-refractivity contribution in [3.8, 4) is 16.3 Å². The third-order valence-corrected chi connectivity index (χ3v) is 7.71. The first kappa shape index (κ1) is 23.4. The first-order valence-electron chi connectivity index (χ1n) is 10.8. The van der Waals surface area contributed by atoms with Crippen LogP contribution in [-0.4, -0.2) is 23.1 Å². The molecule has 0 fully saturated rings. The van der Waals surface area contributed by atoms with Crippen molar-refractivity contribution in [2.75, 3.05) is 12.4 Å². The van der Waals surface area contributed by atoms with Crippen molar-refractivity contribution in [3.63, 3.8) is 0 Å². The van der Waals surface area contributed by atoms with Gasteiger partial charge in [-0.15, -0.1) is 11.3 Å². The monoisotopic (exact) mass is 561 g/mol. The number of para-hydroxylation sites is 1. The molecule has 1 amide bonds. The molecule has 5 aromatic rings. The number of nitrogens with zero attached hydrogens (tertiary/aromatic N) is 1. The van der Waals surface area contributed by atoms with E-state index in [1.807, 2.05) is 61.5 Å². The van der Waals surface area contributed by atoms with Gasteiger partial charge in [0.05, 0.1) is 27.4 Å². The van der Waals surface area contributed by atoms with Crippen LogP contribution in [0.1, 0.15) is 15.9 Å². The van der Waals surface area contributed by atoms with Crippen LogP contribution in [0, 0.1) is 6.92 Å². The number of nitrogens with one attached hydrogen (secondary N) is 2. The predicted molar refractivity (Wildman–Crippen MR) is 152 cm³/mol. The van der Waals surface area contributed by atoms with Gasteiger partial charge in [-0.2, -0.15) is 0 Å². The van der Waals surface area contributed by atoms with Crippen molar-refractivity contribution < 1.29 is 9.53 Å². The lowest BCUT2D eigenvalue weighted by atomic mass is 10.1. The standard InChI is InChI=1S/C27H20BrN3O2S2/c1-15-13-17(26-29-21-9-5-6-10-22(21)35-26)11-12-20(15)30-27(34)31-25(32)19-14-16-7-3-4-8-18(16)23(28)24(19)33-2/h3-14H,1-2H3,(H2,30,31,32,34). The Kier molecular flexibility index (Phi) is 6.51. The molecule has 8 heteroatoms. The van der Waals surface area contributed by atoms with Crippen LogP contribution in [-0.2, 0) is 0 Å². The van der Waals surface area contributed by atoms with E-state index in [0.29, 0.717) is 11.3 Å². The summed E-state index contributed by atoms with van der Waals surface area (Å²) >= 11 is 10.7. The minimum absolute atomic E-state index is 0.206. The highest BCUT2D eigenvalue weighted by molar-refractivity contribution is 9.10. The maximum atomic E-state index is 13.1. The van der Waals surface area contributed by atoms with E-state index < -0.39 is 0 Å². The summed E-state index contributed by atoms with van der Waals surface area (Å²) in [6, 6.07) is 23.7. The molecule has 1 aromatic heterocycles. The number of carbonyl (C=O) groups is 1. The number of carbonyl (C=O) groups excluding carboxylic acids is 1. The van der Waals surface area contributed by atoms with E-state index in [1.165, 1.54) is 0 Å². The van der Waals surface area contributed by atoms with E-state index in [4.69, 9.17) is 21.9 Å². The van der Waals surface area contributed by atoms with Crippen molar-refractivity contribution in [1.82, 2.24) is 10.3 Å². The third-order valence-electron chi connectivity index (χ3n) is 5.63. The smallest absolute Gasteiger partial charge is 0.261 e. The second-order valence-corrected chi connectivity index (χ2v) is 10.1. The lowest BCUT2D eigenvalue weighted by molar-refractivity contribution is 0.0975. The summed E-state index contributed by atoms with van der Waals surface area (Å²) in [6.45, 7) is 1.99. The third kappa shape index (κ3) is 4.65. The van der Waals surface area contributed by atoms with Crippen LogP contribution in [0.15, 0.2) is 77.3 Å². The molecule has 0 aliphatic rings.